The molecule has 1 spiro atoms. The van der Waals surface area contributed by atoms with Gasteiger partial charge in [-0.05, 0) is 46.6 Å². The normalized spacial score (nSPS) is 24.0. The molecule has 2 aliphatic rings. The van der Waals surface area contributed by atoms with E-state index in [4.69, 9.17) is 4.74 Å². The monoisotopic (exact) mass is 333 g/mol. The minimum absolute atomic E-state index is 0.0246. The molecule has 0 saturated carbocycles. The van der Waals surface area contributed by atoms with E-state index < -0.39 is 5.60 Å². The summed E-state index contributed by atoms with van der Waals surface area (Å²) in [5.74, 6) is 0.0846. The third kappa shape index (κ3) is 3.28. The molecule has 1 N–H and O–H groups in total. The van der Waals surface area contributed by atoms with Crippen molar-refractivity contribution in [1.82, 2.24) is 14.8 Å². The van der Waals surface area contributed by atoms with Gasteiger partial charge < -0.3 is 19.5 Å². The zero-order valence-electron chi connectivity index (χ0n) is 15.0. The molecule has 2 aliphatic heterocycles. The van der Waals surface area contributed by atoms with Crippen LogP contribution in [-0.2, 0) is 4.74 Å². The Bertz CT molecular complexity index is 646. The fourth-order valence-electron chi connectivity index (χ4n) is 3.71. The average Bonchev–Trinajstić information content (AvgIpc) is 3.18. The van der Waals surface area contributed by atoms with Gasteiger partial charge in [-0.2, -0.15) is 0 Å². The number of nitrogens with zero attached hydrogens (tertiary/aromatic N) is 2. The Morgan fingerprint density at radius 2 is 1.79 bits per heavy atom. The lowest BCUT2D eigenvalue weighted by Gasteiger charge is -2.27. The predicted octanol–water partition coefficient (Wildman–Crippen LogP) is 2.80. The van der Waals surface area contributed by atoms with E-state index in [2.05, 4.69) is 4.98 Å². The highest BCUT2D eigenvalue weighted by Crippen LogP contribution is 2.40. The smallest absolute Gasteiger partial charge is 0.410 e. The molecule has 2 fully saturated rings. The van der Waals surface area contributed by atoms with Gasteiger partial charge in [-0.3, -0.25) is 4.79 Å². The number of rotatable bonds is 1. The van der Waals surface area contributed by atoms with Crippen molar-refractivity contribution in [2.24, 2.45) is 5.41 Å². The molecule has 24 heavy (non-hydrogen) atoms. The van der Waals surface area contributed by atoms with Crippen molar-refractivity contribution in [2.75, 3.05) is 26.2 Å². The molecule has 3 heterocycles. The summed E-state index contributed by atoms with van der Waals surface area (Å²) in [5.41, 5.74) is 1.20. The first-order valence-corrected chi connectivity index (χ1v) is 8.60. The van der Waals surface area contributed by atoms with Gasteiger partial charge in [0.2, 0.25) is 0 Å². The lowest BCUT2D eigenvalue weighted by molar-refractivity contribution is 0.0274. The summed E-state index contributed by atoms with van der Waals surface area (Å²) in [7, 11) is 0. The molecule has 2 amide bonds. The molecule has 6 heteroatoms. The number of aromatic nitrogens is 1. The van der Waals surface area contributed by atoms with Gasteiger partial charge in [-0.25, -0.2) is 4.79 Å². The fraction of sp³-hybridized carbons (Fsp3) is 0.667. The van der Waals surface area contributed by atoms with E-state index in [1.54, 1.807) is 11.1 Å². The van der Waals surface area contributed by atoms with Crippen LogP contribution < -0.4 is 0 Å². The maximum Gasteiger partial charge on any atom is 0.410 e. The summed E-state index contributed by atoms with van der Waals surface area (Å²) in [4.78, 5) is 31.7. The SMILES string of the molecule is Cc1[nH]ccc1C(=O)N1CC[C@@]2(CCN(C(=O)OC(C)(C)C)C2)C1. The van der Waals surface area contributed by atoms with E-state index in [1.807, 2.05) is 38.7 Å². The molecule has 3 rings (SSSR count). The second-order valence-electron chi connectivity index (χ2n) is 8.14. The van der Waals surface area contributed by atoms with Gasteiger partial charge in [0.15, 0.2) is 0 Å². The highest BCUT2D eigenvalue weighted by Gasteiger charge is 2.46. The Hall–Kier alpha value is -1.98. The number of amides is 2. The van der Waals surface area contributed by atoms with Crippen LogP contribution >= 0.6 is 0 Å². The van der Waals surface area contributed by atoms with Crippen LogP contribution in [0.5, 0.6) is 0 Å². The number of hydrogen-bond acceptors (Lipinski definition) is 3. The minimum Gasteiger partial charge on any atom is -0.444 e. The number of carbonyl (C=O) groups is 2. The first-order chi connectivity index (χ1) is 11.2. The largest absolute Gasteiger partial charge is 0.444 e. The van der Waals surface area contributed by atoms with E-state index in [-0.39, 0.29) is 17.4 Å². The van der Waals surface area contributed by atoms with Crippen molar-refractivity contribution in [3.63, 3.8) is 0 Å². The van der Waals surface area contributed by atoms with Crippen LogP contribution in [0.1, 0.15) is 49.7 Å². The van der Waals surface area contributed by atoms with Gasteiger partial charge in [-0.1, -0.05) is 0 Å². The van der Waals surface area contributed by atoms with Crippen molar-refractivity contribution < 1.29 is 14.3 Å². The van der Waals surface area contributed by atoms with Crippen LogP contribution in [0, 0.1) is 12.3 Å². The number of aryl methyl sites for hydroxylation is 1. The Morgan fingerprint density at radius 1 is 1.17 bits per heavy atom. The molecule has 132 valence electrons. The maximum atomic E-state index is 12.7. The minimum atomic E-state index is -0.476. The number of hydrogen-bond donors (Lipinski definition) is 1. The van der Waals surface area contributed by atoms with E-state index in [0.717, 1.165) is 37.2 Å². The van der Waals surface area contributed by atoms with Crippen LogP contribution in [0.2, 0.25) is 0 Å². The standard InChI is InChI=1S/C18H27N3O3/c1-13-14(5-8-19-13)15(22)20-9-6-18(11-20)7-10-21(12-18)16(23)24-17(2,3)4/h5,8,19H,6-7,9-12H2,1-4H3/t18-/m1/s1. The molecule has 0 unspecified atom stereocenters. The second kappa shape index (κ2) is 5.83. The Balaban J connectivity index is 1.62. The van der Waals surface area contributed by atoms with Crippen molar-refractivity contribution in [2.45, 2.75) is 46.1 Å². The molecule has 0 aromatic carbocycles. The second-order valence-corrected chi connectivity index (χ2v) is 8.14. The summed E-state index contributed by atoms with van der Waals surface area (Å²) in [6, 6.07) is 1.84. The zero-order valence-corrected chi connectivity index (χ0v) is 15.0. The van der Waals surface area contributed by atoms with Crippen molar-refractivity contribution in [3.8, 4) is 0 Å². The molecule has 0 aliphatic carbocycles. The number of H-pyrrole nitrogens is 1. The van der Waals surface area contributed by atoms with Crippen LogP contribution in [0.3, 0.4) is 0 Å². The topological polar surface area (TPSA) is 65.6 Å². The number of aromatic amines is 1. The molecule has 0 radical (unpaired) electrons. The number of likely N-dealkylation sites (tertiary alicyclic amines) is 2. The third-order valence-electron chi connectivity index (χ3n) is 5.00. The van der Waals surface area contributed by atoms with Crippen LogP contribution in [0.4, 0.5) is 4.79 Å². The number of carbonyl (C=O) groups excluding carboxylic acids is 2. The summed E-state index contributed by atoms with van der Waals surface area (Å²) >= 11 is 0. The Morgan fingerprint density at radius 3 is 2.38 bits per heavy atom. The van der Waals surface area contributed by atoms with E-state index >= 15 is 0 Å². The highest BCUT2D eigenvalue weighted by atomic mass is 16.6. The van der Waals surface area contributed by atoms with Crippen LogP contribution in [-0.4, -0.2) is 58.6 Å². The first kappa shape index (κ1) is 16.9. The summed E-state index contributed by atoms with van der Waals surface area (Å²) in [6.07, 6.45) is 3.43. The van der Waals surface area contributed by atoms with Gasteiger partial charge >= 0.3 is 6.09 Å². The maximum absolute atomic E-state index is 12.7. The Labute approximate surface area is 143 Å². The number of nitrogens with one attached hydrogen (secondary N) is 1. The number of ether oxygens (including phenoxy) is 1. The summed E-state index contributed by atoms with van der Waals surface area (Å²) in [6.45, 7) is 10.4. The van der Waals surface area contributed by atoms with Gasteiger partial charge in [0.25, 0.3) is 5.91 Å². The summed E-state index contributed by atoms with van der Waals surface area (Å²) in [5, 5.41) is 0. The third-order valence-corrected chi connectivity index (χ3v) is 5.00. The molecule has 6 nitrogen and oxygen atoms in total. The first-order valence-electron chi connectivity index (χ1n) is 8.60. The molecule has 1 aromatic heterocycles. The lowest BCUT2D eigenvalue weighted by atomic mass is 9.86. The molecule has 0 bridgehead atoms. The van der Waals surface area contributed by atoms with Crippen molar-refractivity contribution in [1.29, 1.82) is 0 Å². The quantitative estimate of drug-likeness (QED) is 0.859. The Kier molecular flexibility index (Phi) is 4.10. The van der Waals surface area contributed by atoms with E-state index in [0.29, 0.717) is 13.1 Å². The van der Waals surface area contributed by atoms with E-state index in [9.17, 15) is 9.59 Å². The van der Waals surface area contributed by atoms with Gasteiger partial charge in [0.1, 0.15) is 5.60 Å². The van der Waals surface area contributed by atoms with Gasteiger partial charge in [0, 0.05) is 43.5 Å². The fourth-order valence-corrected chi connectivity index (χ4v) is 3.71. The molecular formula is C18H27N3O3. The predicted molar refractivity (Wildman–Crippen MR) is 90.9 cm³/mol. The summed E-state index contributed by atoms with van der Waals surface area (Å²) < 4.78 is 5.48. The van der Waals surface area contributed by atoms with Gasteiger partial charge in [-0.15, -0.1) is 0 Å². The molecule has 1 atom stereocenters. The van der Waals surface area contributed by atoms with Crippen LogP contribution in [0.15, 0.2) is 12.3 Å². The molecule has 2 saturated heterocycles. The van der Waals surface area contributed by atoms with Crippen molar-refractivity contribution in [3.05, 3.63) is 23.5 Å². The zero-order chi connectivity index (χ0) is 17.5. The molecule has 1 aromatic rings. The highest BCUT2D eigenvalue weighted by molar-refractivity contribution is 5.95. The average molecular weight is 333 g/mol. The van der Waals surface area contributed by atoms with Gasteiger partial charge in [0.05, 0.1) is 5.56 Å². The molecular weight excluding hydrogens is 306 g/mol. The lowest BCUT2D eigenvalue weighted by Crippen LogP contribution is -2.38. The van der Waals surface area contributed by atoms with Crippen molar-refractivity contribution >= 4 is 12.0 Å². The van der Waals surface area contributed by atoms with Crippen LogP contribution in [0.25, 0.3) is 0 Å². The van der Waals surface area contributed by atoms with E-state index in [1.165, 1.54) is 0 Å².